The molecule has 1 aliphatic rings. The van der Waals surface area contributed by atoms with Gasteiger partial charge in [-0.1, -0.05) is 0 Å². The average molecular weight is 423 g/mol. The summed E-state index contributed by atoms with van der Waals surface area (Å²) in [5.74, 6) is 1.94. The molecule has 1 fully saturated rings. The van der Waals surface area contributed by atoms with Crippen LogP contribution in [0.1, 0.15) is 40.5 Å². The lowest BCUT2D eigenvalue weighted by atomic mass is 10.1. The molecule has 0 amide bonds. The van der Waals surface area contributed by atoms with Gasteiger partial charge in [-0.15, -0.1) is 0 Å². The second-order valence-corrected chi connectivity index (χ2v) is 10.3. The Bertz CT molecular complexity index is 998. The molecule has 8 heteroatoms. The Morgan fingerprint density at radius 1 is 1.14 bits per heavy atom. The zero-order chi connectivity index (χ0) is 21.3. The first-order chi connectivity index (χ1) is 13.6. The van der Waals surface area contributed by atoms with Crippen LogP contribution < -0.4 is 14.4 Å². The van der Waals surface area contributed by atoms with Crippen molar-refractivity contribution in [3.05, 3.63) is 40.2 Å². The maximum absolute atomic E-state index is 11.9. The first-order valence-corrected chi connectivity index (χ1v) is 11.7. The molecule has 2 atom stereocenters. The van der Waals surface area contributed by atoms with Gasteiger partial charge in [-0.25, -0.2) is 8.42 Å². The summed E-state index contributed by atoms with van der Waals surface area (Å²) in [5.41, 5.74) is 5.64. The van der Waals surface area contributed by atoms with Gasteiger partial charge in [-0.3, -0.25) is 4.68 Å². The predicted molar refractivity (Wildman–Crippen MR) is 113 cm³/mol. The summed E-state index contributed by atoms with van der Waals surface area (Å²) in [7, 11) is 2.52. The number of benzene rings is 1. The standard InChI is InChI=1S/C21H31N3O4S/c1-14-9-20(27-5)21(28-6)10-17(14)11-23(4)12-19-15(2)22-24(16(19)3)18-7-8-29(25,26)13-18/h9-10,18H,7-8,11-13H2,1-6H3/p+1/t18-/m0/s1. The van der Waals surface area contributed by atoms with Crippen molar-refractivity contribution in [3.8, 4) is 11.5 Å². The van der Waals surface area contributed by atoms with Crippen molar-refractivity contribution in [2.75, 3.05) is 32.8 Å². The van der Waals surface area contributed by atoms with Gasteiger partial charge in [0, 0.05) is 11.3 Å². The number of hydrogen-bond acceptors (Lipinski definition) is 5. The largest absolute Gasteiger partial charge is 0.493 e. The fraction of sp³-hybridized carbons (Fsp3) is 0.571. The fourth-order valence-corrected chi connectivity index (χ4v) is 5.87. The summed E-state index contributed by atoms with van der Waals surface area (Å²) in [6.45, 7) is 7.81. The van der Waals surface area contributed by atoms with Crippen LogP contribution in [0.2, 0.25) is 0 Å². The van der Waals surface area contributed by atoms with Crippen molar-refractivity contribution in [3.63, 3.8) is 0 Å². The zero-order valence-electron chi connectivity index (χ0n) is 18.2. The molecule has 1 aliphatic heterocycles. The summed E-state index contributed by atoms with van der Waals surface area (Å²) >= 11 is 0. The van der Waals surface area contributed by atoms with Crippen molar-refractivity contribution in [2.45, 2.75) is 46.3 Å². The van der Waals surface area contributed by atoms with E-state index in [2.05, 4.69) is 26.0 Å². The number of hydrogen-bond donors (Lipinski definition) is 1. The van der Waals surface area contributed by atoms with Crippen molar-refractivity contribution in [1.29, 1.82) is 0 Å². The maximum atomic E-state index is 11.9. The molecular formula is C21H32N3O4S+. The fourth-order valence-electron chi connectivity index (χ4n) is 4.18. The van der Waals surface area contributed by atoms with E-state index in [-0.39, 0.29) is 17.5 Å². The Balaban J connectivity index is 1.77. The molecule has 0 radical (unpaired) electrons. The van der Waals surface area contributed by atoms with E-state index in [1.807, 2.05) is 23.7 Å². The van der Waals surface area contributed by atoms with Crippen molar-refractivity contribution in [1.82, 2.24) is 9.78 Å². The molecule has 0 aliphatic carbocycles. The number of rotatable bonds is 7. The zero-order valence-corrected chi connectivity index (χ0v) is 19.0. The lowest BCUT2D eigenvalue weighted by Crippen LogP contribution is -3.06. The molecule has 0 saturated carbocycles. The molecule has 0 bridgehead atoms. The Hall–Kier alpha value is -2.06. The van der Waals surface area contributed by atoms with Gasteiger partial charge in [-0.05, 0) is 44.9 Å². The van der Waals surface area contributed by atoms with Crippen LogP contribution in [0, 0.1) is 20.8 Å². The van der Waals surface area contributed by atoms with Crippen LogP contribution >= 0.6 is 0 Å². The van der Waals surface area contributed by atoms with Crippen LogP contribution in [-0.4, -0.2) is 51.0 Å². The third kappa shape index (κ3) is 4.59. The molecule has 1 aromatic carbocycles. The van der Waals surface area contributed by atoms with E-state index in [1.165, 1.54) is 21.6 Å². The Labute approximate surface area is 173 Å². The van der Waals surface area contributed by atoms with Crippen LogP contribution in [0.5, 0.6) is 11.5 Å². The van der Waals surface area contributed by atoms with E-state index in [0.717, 1.165) is 36.0 Å². The SMILES string of the molecule is COc1cc(C)c(C[NH+](C)Cc2c(C)nn([C@H]3CCS(=O)(=O)C3)c2C)cc1OC. The summed E-state index contributed by atoms with van der Waals surface area (Å²) in [4.78, 5) is 1.32. The monoisotopic (exact) mass is 422 g/mol. The van der Waals surface area contributed by atoms with Crippen LogP contribution in [-0.2, 0) is 22.9 Å². The lowest BCUT2D eigenvalue weighted by molar-refractivity contribution is -0.907. The third-order valence-electron chi connectivity index (χ3n) is 5.84. The number of nitrogens with one attached hydrogen (secondary N) is 1. The van der Waals surface area contributed by atoms with Crippen molar-refractivity contribution < 1.29 is 22.8 Å². The molecule has 160 valence electrons. The van der Waals surface area contributed by atoms with E-state index in [9.17, 15) is 8.42 Å². The van der Waals surface area contributed by atoms with Gasteiger partial charge >= 0.3 is 0 Å². The van der Waals surface area contributed by atoms with Crippen molar-refractivity contribution in [2.24, 2.45) is 0 Å². The predicted octanol–water partition coefficient (Wildman–Crippen LogP) is 1.40. The smallest absolute Gasteiger partial charge is 0.161 e. The second kappa shape index (κ2) is 8.36. The number of methoxy groups -OCH3 is 2. The average Bonchev–Trinajstić information content (AvgIpc) is 3.16. The minimum Gasteiger partial charge on any atom is -0.493 e. The molecule has 1 saturated heterocycles. The van der Waals surface area contributed by atoms with Gasteiger partial charge in [0.15, 0.2) is 21.3 Å². The van der Waals surface area contributed by atoms with Gasteiger partial charge in [0.25, 0.3) is 0 Å². The molecule has 2 heterocycles. The van der Waals surface area contributed by atoms with Crippen LogP contribution in [0.4, 0.5) is 0 Å². The second-order valence-electron chi connectivity index (χ2n) is 8.10. The summed E-state index contributed by atoms with van der Waals surface area (Å²) in [6.07, 6.45) is 0.650. The highest BCUT2D eigenvalue weighted by Gasteiger charge is 2.31. The van der Waals surface area contributed by atoms with Gasteiger partial charge in [0.05, 0.1) is 50.1 Å². The van der Waals surface area contributed by atoms with E-state index in [4.69, 9.17) is 9.47 Å². The molecule has 2 aromatic rings. The Morgan fingerprint density at radius 2 is 1.79 bits per heavy atom. The third-order valence-corrected chi connectivity index (χ3v) is 7.59. The highest BCUT2D eigenvalue weighted by atomic mass is 32.2. The number of ether oxygens (including phenoxy) is 2. The number of aryl methyl sites for hydroxylation is 2. The normalized spacial score (nSPS) is 19.3. The van der Waals surface area contributed by atoms with Crippen LogP contribution in [0.3, 0.4) is 0 Å². The first kappa shape index (κ1) is 21.6. The minimum absolute atomic E-state index is 0.0409. The summed E-state index contributed by atoms with van der Waals surface area (Å²) in [6, 6.07) is 4.02. The number of nitrogens with zero attached hydrogens (tertiary/aromatic N) is 2. The quantitative estimate of drug-likeness (QED) is 0.730. The first-order valence-electron chi connectivity index (χ1n) is 9.93. The van der Waals surface area contributed by atoms with Gasteiger partial charge in [0.1, 0.15) is 13.1 Å². The molecule has 29 heavy (non-hydrogen) atoms. The molecule has 3 rings (SSSR count). The summed E-state index contributed by atoms with van der Waals surface area (Å²) < 4.78 is 36.5. The lowest BCUT2D eigenvalue weighted by Gasteiger charge is -2.18. The van der Waals surface area contributed by atoms with Crippen molar-refractivity contribution >= 4 is 9.84 Å². The Kier molecular flexibility index (Phi) is 6.24. The Morgan fingerprint density at radius 3 is 2.38 bits per heavy atom. The molecule has 1 aromatic heterocycles. The van der Waals surface area contributed by atoms with E-state index >= 15 is 0 Å². The highest BCUT2D eigenvalue weighted by Crippen LogP contribution is 2.30. The number of aromatic nitrogens is 2. The molecule has 0 spiro atoms. The molecule has 7 nitrogen and oxygen atoms in total. The van der Waals surface area contributed by atoms with E-state index in [1.54, 1.807) is 14.2 Å². The van der Waals surface area contributed by atoms with Gasteiger partial charge in [-0.2, -0.15) is 5.10 Å². The molecule has 1 N–H and O–H groups in total. The summed E-state index contributed by atoms with van der Waals surface area (Å²) in [5, 5.41) is 4.69. The topological polar surface area (TPSA) is 74.9 Å². The maximum Gasteiger partial charge on any atom is 0.161 e. The molecular weight excluding hydrogens is 390 g/mol. The molecule has 1 unspecified atom stereocenters. The van der Waals surface area contributed by atoms with Crippen LogP contribution in [0.25, 0.3) is 0 Å². The van der Waals surface area contributed by atoms with E-state index in [0.29, 0.717) is 6.42 Å². The minimum atomic E-state index is -2.93. The van der Waals surface area contributed by atoms with Crippen LogP contribution in [0.15, 0.2) is 12.1 Å². The van der Waals surface area contributed by atoms with E-state index < -0.39 is 9.84 Å². The number of sulfone groups is 1. The van der Waals surface area contributed by atoms with Gasteiger partial charge < -0.3 is 14.4 Å². The highest BCUT2D eigenvalue weighted by molar-refractivity contribution is 7.91. The number of quaternary nitrogens is 1. The van der Waals surface area contributed by atoms with Gasteiger partial charge in [0.2, 0.25) is 0 Å².